The molecular weight excluding hydrogens is 194 g/mol. The monoisotopic (exact) mass is 211 g/mol. The molecule has 0 atom stereocenters. The summed E-state index contributed by atoms with van der Waals surface area (Å²) in [6.07, 6.45) is 0. The Bertz CT molecular complexity index is 318. The molecule has 0 heterocycles. The first-order valence-electron chi connectivity index (χ1n) is 4.60. The van der Waals surface area contributed by atoms with Crippen LogP contribution < -0.4 is 5.73 Å². The molecule has 0 unspecified atom stereocenters. The van der Waals surface area contributed by atoms with E-state index in [1.165, 1.54) is 0 Å². The maximum atomic E-state index is 9.58. The number of rotatable bonds is 3. The lowest BCUT2D eigenvalue weighted by molar-refractivity contribution is 0.107. The minimum atomic E-state index is -0.652. The summed E-state index contributed by atoms with van der Waals surface area (Å²) in [7, 11) is 0. The highest BCUT2D eigenvalue weighted by atomic mass is 32.2. The average molecular weight is 211 g/mol. The van der Waals surface area contributed by atoms with Gasteiger partial charge >= 0.3 is 0 Å². The second-order valence-corrected chi connectivity index (χ2v) is 5.11. The van der Waals surface area contributed by atoms with Crippen LogP contribution in [0, 0.1) is 6.92 Å². The molecule has 0 spiro atoms. The van der Waals surface area contributed by atoms with Crippen molar-refractivity contribution in [1.82, 2.24) is 0 Å². The third-order valence-electron chi connectivity index (χ3n) is 1.87. The maximum absolute atomic E-state index is 9.58. The van der Waals surface area contributed by atoms with E-state index in [9.17, 15) is 5.11 Å². The molecule has 1 aromatic carbocycles. The molecule has 0 amide bonds. The van der Waals surface area contributed by atoms with Crippen LogP contribution in [0.2, 0.25) is 0 Å². The van der Waals surface area contributed by atoms with Crippen LogP contribution in [-0.2, 0) is 0 Å². The van der Waals surface area contributed by atoms with E-state index in [2.05, 4.69) is 0 Å². The van der Waals surface area contributed by atoms with Gasteiger partial charge < -0.3 is 10.8 Å². The molecule has 78 valence electrons. The summed E-state index contributed by atoms with van der Waals surface area (Å²) in [5.41, 5.74) is 7.17. The van der Waals surface area contributed by atoms with E-state index in [1.807, 2.05) is 25.1 Å². The Hall–Kier alpha value is -0.670. The third-order valence-corrected chi connectivity index (χ3v) is 3.38. The van der Waals surface area contributed by atoms with Crippen LogP contribution in [0.1, 0.15) is 19.4 Å². The third kappa shape index (κ3) is 3.24. The van der Waals surface area contributed by atoms with E-state index in [1.54, 1.807) is 25.6 Å². The van der Waals surface area contributed by atoms with Crippen LogP contribution >= 0.6 is 11.8 Å². The molecule has 14 heavy (non-hydrogen) atoms. The van der Waals surface area contributed by atoms with Crippen molar-refractivity contribution in [2.24, 2.45) is 0 Å². The Morgan fingerprint density at radius 2 is 2.07 bits per heavy atom. The number of thioether (sulfide) groups is 1. The molecule has 0 fully saturated rings. The molecular formula is C11H17NOS. The van der Waals surface area contributed by atoms with Crippen molar-refractivity contribution < 1.29 is 5.11 Å². The number of nitrogens with two attached hydrogens (primary N) is 1. The minimum Gasteiger partial charge on any atom is -0.398 e. The number of nitrogen functional groups attached to an aromatic ring is 1. The second kappa shape index (κ2) is 4.24. The summed E-state index contributed by atoms with van der Waals surface area (Å²) < 4.78 is 0. The quantitative estimate of drug-likeness (QED) is 0.596. The van der Waals surface area contributed by atoms with Crippen LogP contribution in [0.3, 0.4) is 0 Å². The lowest BCUT2D eigenvalue weighted by Crippen LogP contribution is -2.21. The molecule has 0 aliphatic rings. The topological polar surface area (TPSA) is 46.2 Å². The van der Waals surface area contributed by atoms with Gasteiger partial charge in [-0.05, 0) is 32.4 Å². The smallest absolute Gasteiger partial charge is 0.0685 e. The standard InChI is InChI=1S/C11H17NOS/c1-8-5-4-6-9(10(8)12)14-7-11(2,3)13/h4-6,13H,7,12H2,1-3H3. The molecule has 0 saturated carbocycles. The maximum Gasteiger partial charge on any atom is 0.0685 e. The predicted molar refractivity (Wildman–Crippen MR) is 62.6 cm³/mol. The zero-order valence-electron chi connectivity index (χ0n) is 8.87. The molecule has 0 bridgehead atoms. The molecule has 0 saturated heterocycles. The van der Waals surface area contributed by atoms with Crippen LogP contribution in [0.4, 0.5) is 5.69 Å². The van der Waals surface area contributed by atoms with E-state index in [4.69, 9.17) is 5.73 Å². The van der Waals surface area contributed by atoms with Crippen LogP contribution in [-0.4, -0.2) is 16.5 Å². The van der Waals surface area contributed by atoms with E-state index in [0.29, 0.717) is 5.75 Å². The summed E-state index contributed by atoms with van der Waals surface area (Å²) in [6.45, 7) is 5.58. The highest BCUT2D eigenvalue weighted by molar-refractivity contribution is 7.99. The minimum absolute atomic E-state index is 0.652. The molecule has 3 N–H and O–H groups in total. The van der Waals surface area contributed by atoms with Gasteiger partial charge in [-0.15, -0.1) is 11.8 Å². The lowest BCUT2D eigenvalue weighted by Gasteiger charge is -2.17. The fraction of sp³-hybridized carbons (Fsp3) is 0.455. The zero-order chi connectivity index (χ0) is 10.8. The molecule has 0 radical (unpaired) electrons. The van der Waals surface area contributed by atoms with Crippen LogP contribution in [0.25, 0.3) is 0 Å². The highest BCUT2D eigenvalue weighted by Crippen LogP contribution is 2.29. The summed E-state index contributed by atoms with van der Waals surface area (Å²) in [5, 5.41) is 9.58. The molecule has 1 rings (SSSR count). The summed E-state index contributed by atoms with van der Waals surface area (Å²) in [5.74, 6) is 0.653. The highest BCUT2D eigenvalue weighted by Gasteiger charge is 2.13. The van der Waals surface area contributed by atoms with E-state index < -0.39 is 5.60 Å². The predicted octanol–water partition coefficient (Wildman–Crippen LogP) is 2.44. The summed E-state index contributed by atoms with van der Waals surface area (Å²) >= 11 is 1.59. The normalized spacial score (nSPS) is 11.7. The van der Waals surface area contributed by atoms with Crippen molar-refractivity contribution in [1.29, 1.82) is 0 Å². The van der Waals surface area contributed by atoms with Crippen molar-refractivity contribution in [3.63, 3.8) is 0 Å². The summed E-state index contributed by atoms with van der Waals surface area (Å²) in [4.78, 5) is 1.05. The number of hydrogen-bond acceptors (Lipinski definition) is 3. The van der Waals surface area contributed by atoms with Gasteiger partial charge in [-0.2, -0.15) is 0 Å². The molecule has 1 aromatic rings. The average Bonchev–Trinajstić information content (AvgIpc) is 2.06. The second-order valence-electron chi connectivity index (χ2n) is 4.09. The first-order chi connectivity index (χ1) is 6.40. The fourth-order valence-corrected chi connectivity index (χ4v) is 2.03. The lowest BCUT2D eigenvalue weighted by atomic mass is 10.2. The van der Waals surface area contributed by atoms with Crippen molar-refractivity contribution in [2.45, 2.75) is 31.3 Å². The van der Waals surface area contributed by atoms with Gasteiger partial charge in [-0.3, -0.25) is 0 Å². The fourth-order valence-electron chi connectivity index (χ4n) is 1.03. The summed E-state index contributed by atoms with van der Waals surface area (Å²) in [6, 6.07) is 5.96. The number of aliphatic hydroxyl groups is 1. The first-order valence-corrected chi connectivity index (χ1v) is 5.59. The van der Waals surface area contributed by atoms with Gasteiger partial charge in [0.25, 0.3) is 0 Å². The van der Waals surface area contributed by atoms with Crippen LogP contribution in [0.15, 0.2) is 23.1 Å². The largest absolute Gasteiger partial charge is 0.398 e. The number of anilines is 1. The Kier molecular flexibility index (Phi) is 3.45. The van der Waals surface area contributed by atoms with Gasteiger partial charge in [0.2, 0.25) is 0 Å². The number of hydrogen-bond donors (Lipinski definition) is 2. The molecule has 0 aliphatic heterocycles. The van der Waals surface area contributed by atoms with Crippen molar-refractivity contribution in [2.75, 3.05) is 11.5 Å². The Morgan fingerprint density at radius 3 is 2.64 bits per heavy atom. The Labute approximate surface area is 89.5 Å². The zero-order valence-corrected chi connectivity index (χ0v) is 9.69. The van der Waals surface area contributed by atoms with Gasteiger partial charge in [0, 0.05) is 16.3 Å². The molecule has 0 aliphatic carbocycles. The Morgan fingerprint density at radius 1 is 1.43 bits per heavy atom. The molecule has 2 nitrogen and oxygen atoms in total. The number of benzene rings is 1. The number of aryl methyl sites for hydroxylation is 1. The van der Waals surface area contributed by atoms with Gasteiger partial charge in [0.1, 0.15) is 0 Å². The van der Waals surface area contributed by atoms with Crippen molar-refractivity contribution in [3.8, 4) is 0 Å². The van der Waals surface area contributed by atoms with Crippen molar-refractivity contribution in [3.05, 3.63) is 23.8 Å². The number of para-hydroxylation sites is 1. The van der Waals surface area contributed by atoms with Crippen LogP contribution in [0.5, 0.6) is 0 Å². The molecule has 3 heteroatoms. The van der Waals surface area contributed by atoms with Crippen molar-refractivity contribution >= 4 is 17.4 Å². The van der Waals surface area contributed by atoms with E-state index in [0.717, 1.165) is 16.1 Å². The van der Waals surface area contributed by atoms with E-state index >= 15 is 0 Å². The Balaban J connectivity index is 2.73. The van der Waals surface area contributed by atoms with Gasteiger partial charge in [0.05, 0.1) is 5.60 Å². The SMILES string of the molecule is Cc1cccc(SCC(C)(C)O)c1N. The first kappa shape index (κ1) is 11.4. The molecule has 0 aromatic heterocycles. The van der Waals surface area contributed by atoms with Gasteiger partial charge in [0.15, 0.2) is 0 Å². The van der Waals surface area contributed by atoms with E-state index in [-0.39, 0.29) is 0 Å². The van der Waals surface area contributed by atoms with Gasteiger partial charge in [-0.1, -0.05) is 12.1 Å². The van der Waals surface area contributed by atoms with Gasteiger partial charge in [-0.25, -0.2) is 0 Å².